The highest BCUT2D eigenvalue weighted by molar-refractivity contribution is 5.77. The number of fused-ring (bicyclic) bond motifs is 1. The Bertz CT molecular complexity index is 595. The molecule has 0 aliphatic rings. The number of hydrogen-bond donors (Lipinski definition) is 0. The Morgan fingerprint density at radius 3 is 2.31 bits per heavy atom. The Balaban J connectivity index is 2.77. The third kappa shape index (κ3) is 1.50. The number of carboxylic acids is 1. The van der Waals surface area contributed by atoms with Crippen LogP contribution in [0.2, 0.25) is 0 Å². The predicted octanol–water partition coefficient (Wildman–Crippen LogP) is -0.427. The summed E-state index contributed by atoms with van der Waals surface area (Å²) in [6.07, 6.45) is 0. The van der Waals surface area contributed by atoms with E-state index in [2.05, 4.69) is 0 Å². The van der Waals surface area contributed by atoms with Crippen LogP contribution < -0.4 is 10.8 Å². The van der Waals surface area contributed by atoms with Gasteiger partial charge in [0.2, 0.25) is 0 Å². The van der Waals surface area contributed by atoms with E-state index in [0.29, 0.717) is 12.1 Å². The average molecular weight is 219 g/mol. The zero-order valence-electron chi connectivity index (χ0n) is 8.84. The summed E-state index contributed by atoms with van der Waals surface area (Å²) < 4.78 is 2.76. The monoisotopic (exact) mass is 219 g/mol. The van der Waals surface area contributed by atoms with E-state index >= 15 is 0 Å². The van der Waals surface area contributed by atoms with Gasteiger partial charge < -0.3 is 9.90 Å². The fraction of sp³-hybridized carbons (Fsp3) is 0.273. The lowest BCUT2D eigenvalue weighted by Gasteiger charge is -2.02. The highest BCUT2D eigenvalue weighted by Gasteiger charge is 2.10. The van der Waals surface area contributed by atoms with E-state index < -0.39 is 12.5 Å². The molecule has 16 heavy (non-hydrogen) atoms. The van der Waals surface area contributed by atoms with Crippen LogP contribution in [-0.4, -0.2) is 15.1 Å². The van der Waals surface area contributed by atoms with Crippen LogP contribution in [0.1, 0.15) is 6.92 Å². The van der Waals surface area contributed by atoms with Crippen molar-refractivity contribution >= 4 is 17.0 Å². The molecule has 2 aromatic rings. The number of hydrogen-bond acceptors (Lipinski definition) is 3. The number of carbonyl (C=O) groups is 1. The van der Waals surface area contributed by atoms with Gasteiger partial charge in [-0.05, 0) is 19.1 Å². The van der Waals surface area contributed by atoms with E-state index in [1.165, 1.54) is 9.13 Å². The smallest absolute Gasteiger partial charge is 0.329 e. The van der Waals surface area contributed by atoms with Gasteiger partial charge >= 0.3 is 5.69 Å². The van der Waals surface area contributed by atoms with Crippen LogP contribution >= 0.6 is 0 Å². The molecule has 0 saturated heterocycles. The third-order valence-corrected chi connectivity index (χ3v) is 2.53. The summed E-state index contributed by atoms with van der Waals surface area (Å²) >= 11 is 0. The molecule has 0 atom stereocenters. The molecule has 0 aliphatic heterocycles. The van der Waals surface area contributed by atoms with Gasteiger partial charge in [-0.2, -0.15) is 0 Å². The van der Waals surface area contributed by atoms with Crippen molar-refractivity contribution in [2.24, 2.45) is 0 Å². The van der Waals surface area contributed by atoms with Gasteiger partial charge in [-0.3, -0.25) is 9.13 Å². The predicted molar refractivity (Wildman–Crippen MR) is 56.9 cm³/mol. The van der Waals surface area contributed by atoms with Crippen LogP contribution in [-0.2, 0) is 17.9 Å². The van der Waals surface area contributed by atoms with Crippen LogP contribution in [0.4, 0.5) is 0 Å². The van der Waals surface area contributed by atoms with Gasteiger partial charge in [0.25, 0.3) is 0 Å². The number of imidazole rings is 1. The number of aliphatic carboxylic acids is 1. The molecule has 5 nitrogen and oxygen atoms in total. The van der Waals surface area contributed by atoms with E-state index in [4.69, 9.17) is 0 Å². The van der Waals surface area contributed by atoms with Gasteiger partial charge in [0.05, 0.1) is 23.5 Å². The van der Waals surface area contributed by atoms with E-state index in [1.54, 1.807) is 18.2 Å². The SMILES string of the molecule is CCn1c(=O)n(CC(=O)[O-])c2ccccc21. The van der Waals surface area contributed by atoms with Gasteiger partial charge in [0, 0.05) is 6.54 Å². The molecule has 5 heteroatoms. The average Bonchev–Trinajstić information content (AvgIpc) is 2.52. The van der Waals surface area contributed by atoms with Gasteiger partial charge in [-0.25, -0.2) is 4.79 Å². The largest absolute Gasteiger partial charge is 0.548 e. The maximum absolute atomic E-state index is 11.9. The Labute approximate surface area is 91.5 Å². The lowest BCUT2D eigenvalue weighted by molar-refractivity contribution is -0.306. The number of aromatic nitrogens is 2. The topological polar surface area (TPSA) is 67.1 Å². The maximum atomic E-state index is 11.9. The highest BCUT2D eigenvalue weighted by Crippen LogP contribution is 2.12. The fourth-order valence-corrected chi connectivity index (χ4v) is 1.86. The maximum Gasteiger partial charge on any atom is 0.329 e. The highest BCUT2D eigenvalue weighted by atomic mass is 16.4. The molecule has 0 radical (unpaired) electrons. The normalized spacial score (nSPS) is 10.8. The Kier molecular flexibility index (Phi) is 2.52. The van der Waals surface area contributed by atoms with Crippen molar-refractivity contribution < 1.29 is 9.90 Å². The number of nitrogens with zero attached hydrogens (tertiary/aromatic N) is 2. The number of para-hydroxylation sites is 2. The first-order valence-electron chi connectivity index (χ1n) is 5.03. The van der Waals surface area contributed by atoms with Gasteiger partial charge in [0.1, 0.15) is 0 Å². The van der Waals surface area contributed by atoms with Crippen LogP contribution in [0, 0.1) is 0 Å². The lowest BCUT2D eigenvalue weighted by Crippen LogP contribution is -2.33. The van der Waals surface area contributed by atoms with Crippen molar-refractivity contribution in [2.75, 3.05) is 0 Å². The number of carbonyl (C=O) groups excluding carboxylic acids is 1. The second-order valence-electron chi connectivity index (χ2n) is 3.47. The summed E-state index contributed by atoms with van der Waals surface area (Å²) in [5.74, 6) is -1.26. The first kappa shape index (κ1) is 10.5. The molecule has 2 rings (SSSR count). The van der Waals surface area contributed by atoms with Crippen molar-refractivity contribution in [3.8, 4) is 0 Å². The zero-order valence-corrected chi connectivity index (χ0v) is 8.84. The van der Waals surface area contributed by atoms with E-state index in [0.717, 1.165) is 5.52 Å². The van der Waals surface area contributed by atoms with Gasteiger partial charge in [-0.1, -0.05) is 12.1 Å². The molecule has 0 fully saturated rings. The molecule has 84 valence electrons. The molecule has 0 N–H and O–H groups in total. The summed E-state index contributed by atoms with van der Waals surface area (Å²) in [5.41, 5.74) is 1.06. The van der Waals surface area contributed by atoms with Crippen molar-refractivity contribution in [2.45, 2.75) is 20.0 Å². The number of benzene rings is 1. The van der Waals surface area contributed by atoms with E-state index in [1.807, 2.05) is 13.0 Å². The molecule has 1 heterocycles. The minimum absolute atomic E-state index is 0.312. The quantitative estimate of drug-likeness (QED) is 0.703. The summed E-state index contributed by atoms with van der Waals surface area (Å²) in [7, 11) is 0. The molecule has 0 amide bonds. The first-order chi connectivity index (χ1) is 7.65. The minimum atomic E-state index is -1.26. The fourth-order valence-electron chi connectivity index (χ4n) is 1.86. The molecular formula is C11H11N2O3-. The second kappa shape index (κ2) is 3.84. The molecule has 0 unspecified atom stereocenters. The molecule has 0 saturated carbocycles. The van der Waals surface area contributed by atoms with Crippen molar-refractivity contribution in [1.82, 2.24) is 9.13 Å². The molecule has 1 aromatic heterocycles. The lowest BCUT2D eigenvalue weighted by atomic mass is 10.3. The van der Waals surface area contributed by atoms with Crippen LogP contribution in [0.25, 0.3) is 11.0 Å². The first-order valence-corrected chi connectivity index (χ1v) is 5.03. The van der Waals surface area contributed by atoms with Crippen molar-refractivity contribution in [1.29, 1.82) is 0 Å². The Morgan fingerprint density at radius 1 is 1.25 bits per heavy atom. The van der Waals surface area contributed by atoms with Crippen LogP contribution in [0.5, 0.6) is 0 Å². The molecular weight excluding hydrogens is 208 g/mol. The standard InChI is InChI=1S/C11H12N2O3/c1-2-12-8-5-3-4-6-9(8)13(11(12)16)7-10(14)15/h3-6H,2,7H2,1H3,(H,14,15)/p-1. The summed E-state index contributed by atoms with van der Waals surface area (Å²) in [5, 5.41) is 10.6. The van der Waals surface area contributed by atoms with Crippen LogP contribution in [0.15, 0.2) is 29.1 Å². The molecule has 0 aliphatic carbocycles. The number of rotatable bonds is 3. The zero-order chi connectivity index (χ0) is 11.7. The summed E-state index contributed by atoms with van der Waals surface area (Å²) in [6, 6.07) is 7.11. The summed E-state index contributed by atoms with van der Waals surface area (Å²) in [6.45, 7) is 1.95. The molecule has 1 aromatic carbocycles. The van der Waals surface area contributed by atoms with Crippen molar-refractivity contribution in [3.63, 3.8) is 0 Å². The van der Waals surface area contributed by atoms with Crippen LogP contribution in [0.3, 0.4) is 0 Å². The van der Waals surface area contributed by atoms with E-state index in [9.17, 15) is 14.7 Å². The molecule has 0 spiro atoms. The van der Waals surface area contributed by atoms with E-state index in [-0.39, 0.29) is 5.69 Å². The number of carboxylic acid groups (broad SMARTS) is 1. The second-order valence-corrected chi connectivity index (χ2v) is 3.47. The minimum Gasteiger partial charge on any atom is -0.548 e. The molecule has 0 bridgehead atoms. The Morgan fingerprint density at radius 2 is 1.81 bits per heavy atom. The Hall–Kier alpha value is -2.04. The third-order valence-electron chi connectivity index (χ3n) is 2.53. The number of aryl methyl sites for hydroxylation is 1. The van der Waals surface area contributed by atoms with Gasteiger partial charge in [0.15, 0.2) is 0 Å². The summed E-state index contributed by atoms with van der Waals surface area (Å²) in [4.78, 5) is 22.5. The van der Waals surface area contributed by atoms with Crippen molar-refractivity contribution in [3.05, 3.63) is 34.7 Å². The van der Waals surface area contributed by atoms with Gasteiger partial charge in [-0.15, -0.1) is 0 Å².